The highest BCUT2D eigenvalue weighted by Gasteiger charge is 2.13. The smallest absolute Gasteiger partial charge is 0.292 e. The molecule has 0 spiro atoms. The molecule has 3 rings (SSSR count). The summed E-state index contributed by atoms with van der Waals surface area (Å²) in [6.07, 6.45) is 1.67. The maximum atomic E-state index is 12.2. The van der Waals surface area contributed by atoms with Crippen LogP contribution < -0.4 is 10.1 Å². The van der Waals surface area contributed by atoms with E-state index in [1.54, 1.807) is 48.7 Å². The van der Waals surface area contributed by atoms with Crippen molar-refractivity contribution in [3.8, 4) is 11.8 Å². The van der Waals surface area contributed by atoms with Crippen LogP contribution in [0.1, 0.15) is 27.4 Å². The van der Waals surface area contributed by atoms with Crippen molar-refractivity contribution in [2.24, 2.45) is 0 Å². The van der Waals surface area contributed by atoms with Gasteiger partial charge in [-0.15, -0.1) is 0 Å². The van der Waals surface area contributed by atoms with Crippen LogP contribution in [0, 0.1) is 18.3 Å². The molecule has 0 unspecified atom stereocenters. The third kappa shape index (κ3) is 4.03. The Balaban J connectivity index is 1.63. The average molecular weight is 333 g/mol. The predicted molar refractivity (Wildman–Crippen MR) is 91.1 cm³/mol. The Morgan fingerprint density at radius 3 is 2.84 bits per heavy atom. The molecule has 1 N–H and O–H groups in total. The minimum Gasteiger partial charge on any atom is -0.484 e. The number of aromatic nitrogens is 1. The van der Waals surface area contributed by atoms with Crippen molar-refractivity contribution in [2.75, 3.05) is 5.32 Å². The van der Waals surface area contributed by atoms with Gasteiger partial charge < -0.3 is 14.5 Å². The van der Waals surface area contributed by atoms with Gasteiger partial charge in [0.1, 0.15) is 30.0 Å². The Hall–Kier alpha value is -3.59. The van der Waals surface area contributed by atoms with Crippen LogP contribution in [-0.4, -0.2) is 10.9 Å². The minimum atomic E-state index is -0.389. The maximum Gasteiger partial charge on any atom is 0.292 e. The molecule has 0 atom stereocenters. The number of nitrogens with one attached hydrogen (secondary N) is 1. The van der Waals surface area contributed by atoms with Crippen LogP contribution in [0.15, 0.2) is 59.1 Å². The van der Waals surface area contributed by atoms with Gasteiger partial charge in [-0.25, -0.2) is 4.98 Å². The summed E-state index contributed by atoms with van der Waals surface area (Å²) in [4.78, 5) is 16.3. The van der Waals surface area contributed by atoms with Gasteiger partial charge >= 0.3 is 0 Å². The van der Waals surface area contributed by atoms with Gasteiger partial charge in [0.15, 0.2) is 5.76 Å². The summed E-state index contributed by atoms with van der Waals surface area (Å²) in [5.41, 5.74) is 1.45. The quantitative estimate of drug-likeness (QED) is 0.769. The molecule has 6 heteroatoms. The van der Waals surface area contributed by atoms with Gasteiger partial charge in [-0.1, -0.05) is 18.2 Å². The summed E-state index contributed by atoms with van der Waals surface area (Å²) < 4.78 is 11.1. The first-order valence-electron chi connectivity index (χ1n) is 7.60. The van der Waals surface area contributed by atoms with Crippen molar-refractivity contribution in [2.45, 2.75) is 13.5 Å². The van der Waals surface area contributed by atoms with E-state index in [-0.39, 0.29) is 18.3 Å². The summed E-state index contributed by atoms with van der Waals surface area (Å²) in [5.74, 6) is 1.17. The second kappa shape index (κ2) is 7.32. The lowest BCUT2D eigenvalue weighted by atomic mass is 10.2. The van der Waals surface area contributed by atoms with Gasteiger partial charge in [-0.3, -0.25) is 4.79 Å². The standard InChI is InChI=1S/C19H15N3O3/c1-13-6-9-18(21-11-13)22-19(23)17-8-7-15(25-17)12-24-16-5-3-2-4-14(16)10-20/h2-9,11H,12H2,1H3,(H,21,22,23). The second-order valence-electron chi connectivity index (χ2n) is 5.34. The number of hydrogen-bond acceptors (Lipinski definition) is 5. The number of carbonyl (C=O) groups excluding carboxylic acids is 1. The normalized spacial score (nSPS) is 10.1. The molecular weight excluding hydrogens is 318 g/mol. The van der Waals surface area contributed by atoms with Crippen LogP contribution in [0.4, 0.5) is 5.82 Å². The molecule has 0 radical (unpaired) electrons. The van der Waals surface area contributed by atoms with Gasteiger partial charge in [0, 0.05) is 6.20 Å². The highest BCUT2D eigenvalue weighted by atomic mass is 16.5. The number of para-hydroxylation sites is 1. The summed E-state index contributed by atoms with van der Waals surface area (Å²) in [6.45, 7) is 2.04. The van der Waals surface area contributed by atoms with E-state index in [1.807, 2.05) is 13.0 Å². The zero-order valence-electron chi connectivity index (χ0n) is 13.5. The second-order valence-corrected chi connectivity index (χ2v) is 5.34. The van der Waals surface area contributed by atoms with Crippen LogP contribution in [-0.2, 0) is 6.61 Å². The molecule has 0 aliphatic rings. The Morgan fingerprint density at radius 2 is 2.08 bits per heavy atom. The molecule has 0 saturated carbocycles. The molecular formula is C19H15N3O3. The summed E-state index contributed by atoms with van der Waals surface area (Å²) in [5, 5.41) is 11.7. The Kier molecular flexibility index (Phi) is 4.77. The lowest BCUT2D eigenvalue weighted by Crippen LogP contribution is -2.12. The highest BCUT2D eigenvalue weighted by Crippen LogP contribution is 2.19. The maximum absolute atomic E-state index is 12.2. The van der Waals surface area contributed by atoms with E-state index in [4.69, 9.17) is 14.4 Å². The Labute approximate surface area is 144 Å². The molecule has 2 heterocycles. The third-order valence-corrected chi connectivity index (χ3v) is 3.42. The SMILES string of the molecule is Cc1ccc(NC(=O)c2ccc(COc3ccccc3C#N)o2)nc1. The van der Waals surface area contributed by atoms with E-state index in [0.717, 1.165) is 5.56 Å². The van der Waals surface area contributed by atoms with Crippen molar-refractivity contribution < 1.29 is 13.9 Å². The summed E-state index contributed by atoms with van der Waals surface area (Å²) in [7, 11) is 0. The molecule has 0 aliphatic heterocycles. The van der Waals surface area contributed by atoms with E-state index in [0.29, 0.717) is 22.9 Å². The number of rotatable bonds is 5. The van der Waals surface area contributed by atoms with Gasteiger partial charge in [0.2, 0.25) is 0 Å². The first-order chi connectivity index (χ1) is 12.2. The fraction of sp³-hybridized carbons (Fsp3) is 0.105. The highest BCUT2D eigenvalue weighted by molar-refractivity contribution is 6.01. The van der Waals surface area contributed by atoms with Crippen molar-refractivity contribution in [1.82, 2.24) is 4.98 Å². The van der Waals surface area contributed by atoms with Crippen LogP contribution in [0.25, 0.3) is 0 Å². The number of pyridine rings is 1. The lowest BCUT2D eigenvalue weighted by molar-refractivity contribution is 0.0992. The number of hydrogen-bond donors (Lipinski definition) is 1. The summed E-state index contributed by atoms with van der Waals surface area (Å²) in [6, 6.07) is 15.8. The lowest BCUT2D eigenvalue weighted by Gasteiger charge is -2.05. The van der Waals surface area contributed by atoms with Crippen LogP contribution >= 0.6 is 0 Å². The summed E-state index contributed by atoms with van der Waals surface area (Å²) >= 11 is 0. The molecule has 25 heavy (non-hydrogen) atoms. The minimum absolute atomic E-state index is 0.120. The Bertz CT molecular complexity index is 924. The molecule has 0 bridgehead atoms. The van der Waals surface area contributed by atoms with Crippen LogP contribution in [0.5, 0.6) is 5.75 Å². The molecule has 3 aromatic rings. The van der Waals surface area contributed by atoms with Gasteiger partial charge in [-0.2, -0.15) is 5.26 Å². The van der Waals surface area contributed by atoms with E-state index in [9.17, 15) is 4.79 Å². The zero-order valence-corrected chi connectivity index (χ0v) is 13.5. The number of benzene rings is 1. The fourth-order valence-electron chi connectivity index (χ4n) is 2.13. The van der Waals surface area contributed by atoms with Crippen LogP contribution in [0.2, 0.25) is 0 Å². The van der Waals surface area contributed by atoms with Crippen molar-refractivity contribution in [3.05, 3.63) is 77.4 Å². The third-order valence-electron chi connectivity index (χ3n) is 3.42. The molecule has 0 fully saturated rings. The van der Waals surface area contributed by atoms with Gasteiger partial charge in [0.25, 0.3) is 5.91 Å². The first kappa shape index (κ1) is 16.3. The van der Waals surface area contributed by atoms with Crippen LogP contribution in [0.3, 0.4) is 0 Å². The molecule has 2 aromatic heterocycles. The molecule has 124 valence electrons. The largest absolute Gasteiger partial charge is 0.484 e. The number of carbonyl (C=O) groups is 1. The van der Waals surface area contributed by atoms with E-state index in [1.165, 1.54) is 0 Å². The molecule has 0 aliphatic carbocycles. The molecule has 1 amide bonds. The number of amides is 1. The number of aryl methyl sites for hydroxylation is 1. The molecule has 0 saturated heterocycles. The average Bonchev–Trinajstić information content (AvgIpc) is 3.11. The Morgan fingerprint density at radius 1 is 1.24 bits per heavy atom. The van der Waals surface area contributed by atoms with Crippen molar-refractivity contribution in [3.63, 3.8) is 0 Å². The van der Waals surface area contributed by atoms with Crippen molar-refractivity contribution >= 4 is 11.7 Å². The number of ether oxygens (including phenoxy) is 1. The van der Waals surface area contributed by atoms with E-state index < -0.39 is 0 Å². The monoisotopic (exact) mass is 333 g/mol. The molecule has 6 nitrogen and oxygen atoms in total. The van der Waals surface area contributed by atoms with E-state index >= 15 is 0 Å². The first-order valence-corrected chi connectivity index (χ1v) is 7.60. The van der Waals surface area contributed by atoms with Gasteiger partial charge in [-0.05, 0) is 42.8 Å². The zero-order chi connectivity index (χ0) is 17.6. The van der Waals surface area contributed by atoms with Gasteiger partial charge in [0.05, 0.1) is 5.56 Å². The van der Waals surface area contributed by atoms with E-state index in [2.05, 4.69) is 16.4 Å². The van der Waals surface area contributed by atoms with Crippen molar-refractivity contribution in [1.29, 1.82) is 5.26 Å². The number of nitriles is 1. The molecule has 1 aromatic carbocycles. The number of furan rings is 1. The number of anilines is 1. The predicted octanol–water partition coefficient (Wildman–Crippen LogP) is 3.69. The number of nitrogens with zero attached hydrogens (tertiary/aromatic N) is 2. The topological polar surface area (TPSA) is 88.1 Å². The fourth-order valence-corrected chi connectivity index (χ4v) is 2.13.